The van der Waals surface area contributed by atoms with Gasteiger partial charge in [-0.25, -0.2) is 9.48 Å². The van der Waals surface area contributed by atoms with E-state index in [2.05, 4.69) is 20.4 Å². The van der Waals surface area contributed by atoms with E-state index in [0.29, 0.717) is 13.1 Å². The highest BCUT2D eigenvalue weighted by molar-refractivity contribution is 5.84. The van der Waals surface area contributed by atoms with Gasteiger partial charge in [-0.1, -0.05) is 5.21 Å². The van der Waals surface area contributed by atoms with Crippen LogP contribution in [0.2, 0.25) is 0 Å². The number of hydrogen-bond acceptors (Lipinski definition) is 5. The van der Waals surface area contributed by atoms with Crippen LogP contribution in [0.25, 0.3) is 0 Å². The van der Waals surface area contributed by atoms with Gasteiger partial charge >= 0.3 is 12.6 Å². The maximum Gasteiger partial charge on any atom is 0.387 e. The zero-order chi connectivity index (χ0) is 15.2. The first-order valence-electron chi connectivity index (χ1n) is 5.97. The van der Waals surface area contributed by atoms with E-state index in [1.807, 2.05) is 0 Å². The first-order valence-corrected chi connectivity index (χ1v) is 5.97. The van der Waals surface area contributed by atoms with Crippen LogP contribution in [0.15, 0.2) is 30.5 Å². The van der Waals surface area contributed by atoms with Gasteiger partial charge in [0.25, 0.3) is 0 Å². The second-order valence-electron chi connectivity index (χ2n) is 4.00. The molecule has 0 saturated carbocycles. The highest BCUT2D eigenvalue weighted by Crippen LogP contribution is 2.17. The molecule has 0 aliphatic heterocycles. The molecule has 0 aliphatic carbocycles. The number of ether oxygens (including phenoxy) is 1. The van der Waals surface area contributed by atoms with Crippen molar-refractivity contribution in [3.05, 3.63) is 36.2 Å². The normalized spacial score (nSPS) is 10.6. The number of anilines is 1. The lowest BCUT2D eigenvalue weighted by atomic mass is 10.3. The fraction of sp³-hybridized carbons (Fsp3) is 0.250. The minimum atomic E-state index is -2.85. The van der Waals surface area contributed by atoms with E-state index in [1.54, 1.807) is 12.1 Å². The van der Waals surface area contributed by atoms with Crippen molar-refractivity contribution in [3.8, 4) is 5.75 Å². The summed E-state index contributed by atoms with van der Waals surface area (Å²) in [5.74, 6) is -1.05. The van der Waals surface area contributed by atoms with Crippen LogP contribution in [0, 0.1) is 0 Å². The molecule has 7 nitrogen and oxygen atoms in total. The number of aromatic carboxylic acids is 1. The van der Waals surface area contributed by atoms with Gasteiger partial charge in [0.15, 0.2) is 5.69 Å². The molecule has 2 N–H and O–H groups in total. The number of nitrogens with zero attached hydrogens (tertiary/aromatic N) is 3. The summed E-state index contributed by atoms with van der Waals surface area (Å²) in [5.41, 5.74) is 0.596. The fourth-order valence-electron chi connectivity index (χ4n) is 1.57. The van der Waals surface area contributed by atoms with E-state index in [-0.39, 0.29) is 11.4 Å². The van der Waals surface area contributed by atoms with Crippen molar-refractivity contribution in [3.63, 3.8) is 0 Å². The summed E-state index contributed by atoms with van der Waals surface area (Å²) < 4.78 is 29.6. The van der Waals surface area contributed by atoms with Crippen LogP contribution < -0.4 is 10.1 Å². The van der Waals surface area contributed by atoms with Gasteiger partial charge in [-0.15, -0.1) is 5.10 Å². The molecule has 21 heavy (non-hydrogen) atoms. The molecule has 2 rings (SSSR count). The van der Waals surface area contributed by atoms with Gasteiger partial charge in [-0.2, -0.15) is 8.78 Å². The maximum atomic E-state index is 12.0. The average molecular weight is 298 g/mol. The monoisotopic (exact) mass is 298 g/mol. The third kappa shape index (κ3) is 4.41. The standard InChI is InChI=1S/C12H12F2N4O3/c13-12(14)21-9-3-1-8(2-4-9)15-5-6-18-7-10(11(19)20)16-17-18/h1-4,7,12,15H,5-6H2,(H,19,20). The molecule has 0 atom stereocenters. The van der Waals surface area contributed by atoms with E-state index >= 15 is 0 Å². The minimum absolute atomic E-state index is 0.0814. The molecule has 1 aromatic heterocycles. The lowest BCUT2D eigenvalue weighted by Crippen LogP contribution is -2.11. The lowest BCUT2D eigenvalue weighted by Gasteiger charge is -2.08. The topological polar surface area (TPSA) is 89.3 Å². The van der Waals surface area contributed by atoms with Crippen LogP contribution in [0.4, 0.5) is 14.5 Å². The van der Waals surface area contributed by atoms with E-state index in [4.69, 9.17) is 5.11 Å². The zero-order valence-corrected chi connectivity index (χ0v) is 10.7. The second-order valence-corrected chi connectivity index (χ2v) is 4.00. The van der Waals surface area contributed by atoms with Crippen LogP contribution in [-0.2, 0) is 6.54 Å². The molecule has 112 valence electrons. The van der Waals surface area contributed by atoms with Crippen LogP contribution in [0.3, 0.4) is 0 Å². The third-order valence-electron chi connectivity index (χ3n) is 2.51. The van der Waals surface area contributed by atoms with Crippen molar-refractivity contribution < 1.29 is 23.4 Å². The largest absolute Gasteiger partial charge is 0.476 e. The predicted octanol–water partition coefficient (Wildman–Crippen LogP) is 1.69. The molecular formula is C12H12F2N4O3. The molecule has 9 heteroatoms. The first-order chi connectivity index (χ1) is 10.0. The number of rotatable bonds is 7. The summed E-state index contributed by atoms with van der Waals surface area (Å²) in [7, 11) is 0. The minimum Gasteiger partial charge on any atom is -0.476 e. The average Bonchev–Trinajstić information content (AvgIpc) is 2.89. The summed E-state index contributed by atoms with van der Waals surface area (Å²) in [5, 5.41) is 18.9. The second kappa shape index (κ2) is 6.64. The Hall–Kier alpha value is -2.71. The Morgan fingerprint density at radius 2 is 2.10 bits per heavy atom. The highest BCUT2D eigenvalue weighted by Gasteiger charge is 2.07. The molecule has 0 aliphatic rings. The summed E-state index contributed by atoms with van der Waals surface area (Å²) in [6.07, 6.45) is 1.32. The van der Waals surface area contributed by atoms with Crippen LogP contribution in [0.5, 0.6) is 5.75 Å². The van der Waals surface area contributed by atoms with Crippen LogP contribution >= 0.6 is 0 Å². The Bertz CT molecular complexity index is 601. The number of carboxylic acid groups (broad SMARTS) is 1. The van der Waals surface area contributed by atoms with Gasteiger partial charge in [0, 0.05) is 12.2 Å². The Kier molecular flexibility index (Phi) is 4.64. The molecule has 0 spiro atoms. The Balaban J connectivity index is 1.81. The molecule has 0 amide bonds. The molecule has 1 heterocycles. The van der Waals surface area contributed by atoms with E-state index in [0.717, 1.165) is 5.69 Å². The maximum absolute atomic E-state index is 12.0. The SMILES string of the molecule is O=C(O)c1cn(CCNc2ccc(OC(F)F)cc2)nn1. The fourth-order valence-corrected chi connectivity index (χ4v) is 1.57. The molecule has 0 unspecified atom stereocenters. The highest BCUT2D eigenvalue weighted by atomic mass is 19.3. The number of nitrogens with one attached hydrogen (secondary N) is 1. The van der Waals surface area contributed by atoms with Crippen molar-refractivity contribution in [2.24, 2.45) is 0 Å². The van der Waals surface area contributed by atoms with Crippen LogP contribution in [-0.4, -0.2) is 39.2 Å². The number of alkyl halides is 2. The third-order valence-corrected chi connectivity index (χ3v) is 2.51. The Morgan fingerprint density at radius 1 is 1.38 bits per heavy atom. The Labute approximate surface area is 118 Å². The summed E-state index contributed by atoms with van der Waals surface area (Å²) in [6, 6.07) is 6.04. The lowest BCUT2D eigenvalue weighted by molar-refractivity contribution is -0.0498. The number of aromatic nitrogens is 3. The Morgan fingerprint density at radius 3 is 2.67 bits per heavy atom. The van der Waals surface area contributed by atoms with E-state index < -0.39 is 12.6 Å². The molecule has 1 aromatic carbocycles. The molecule has 2 aromatic rings. The van der Waals surface area contributed by atoms with Crippen molar-refractivity contribution in [2.75, 3.05) is 11.9 Å². The summed E-state index contributed by atoms with van der Waals surface area (Å²) >= 11 is 0. The van der Waals surface area contributed by atoms with Gasteiger partial charge in [0.2, 0.25) is 0 Å². The van der Waals surface area contributed by atoms with Crippen molar-refractivity contribution >= 4 is 11.7 Å². The molecular weight excluding hydrogens is 286 g/mol. The molecule has 0 saturated heterocycles. The number of benzene rings is 1. The molecule has 0 fully saturated rings. The number of carboxylic acids is 1. The van der Waals surface area contributed by atoms with Gasteiger partial charge in [0.1, 0.15) is 5.75 Å². The van der Waals surface area contributed by atoms with Crippen LogP contribution in [0.1, 0.15) is 10.5 Å². The summed E-state index contributed by atoms with van der Waals surface area (Å²) in [6.45, 7) is -1.97. The summed E-state index contributed by atoms with van der Waals surface area (Å²) in [4.78, 5) is 10.6. The van der Waals surface area contributed by atoms with Gasteiger partial charge < -0.3 is 15.2 Å². The molecule has 0 bridgehead atoms. The van der Waals surface area contributed by atoms with Crippen molar-refractivity contribution in [1.29, 1.82) is 0 Å². The van der Waals surface area contributed by atoms with Gasteiger partial charge in [-0.3, -0.25) is 0 Å². The number of carbonyl (C=O) groups is 1. The predicted molar refractivity (Wildman–Crippen MR) is 68.5 cm³/mol. The zero-order valence-electron chi connectivity index (χ0n) is 10.7. The van der Waals surface area contributed by atoms with Crippen molar-refractivity contribution in [2.45, 2.75) is 13.2 Å². The van der Waals surface area contributed by atoms with Gasteiger partial charge in [0.05, 0.1) is 12.7 Å². The first kappa shape index (κ1) is 14.7. The number of hydrogen-bond donors (Lipinski definition) is 2. The van der Waals surface area contributed by atoms with E-state index in [9.17, 15) is 13.6 Å². The number of halogens is 2. The van der Waals surface area contributed by atoms with Gasteiger partial charge in [-0.05, 0) is 24.3 Å². The smallest absolute Gasteiger partial charge is 0.387 e. The van der Waals surface area contributed by atoms with E-state index in [1.165, 1.54) is 23.0 Å². The van der Waals surface area contributed by atoms with Crippen molar-refractivity contribution in [1.82, 2.24) is 15.0 Å². The quantitative estimate of drug-likeness (QED) is 0.808. The molecule has 0 radical (unpaired) electrons.